The van der Waals surface area contributed by atoms with Gasteiger partial charge in [-0.1, -0.05) is 61.0 Å². The Balaban J connectivity index is 1.14. The standard InChI is InChI=1S/C39H47N5O5/c1-44(23-21-31-11-7-8-22-41-31)26-33-25-36(29-19-17-28(27-45)18-20-29)49-39(48-33)30-10-9-12-32(24-30)42-37(46)15-3-2-4-16-38(47)43-35-14-6-5-13-34(35)40/h5-14,17-20,22,24,33,36,39,45H,2-4,15-16,21,23,25-27,40H2,1H3,(H,42,46)(H,43,47)/t33-,36+,39+/m1/s1. The minimum absolute atomic E-state index is 0.0123. The van der Waals surface area contributed by atoms with Crippen LogP contribution in [0.4, 0.5) is 17.1 Å². The molecule has 3 aromatic carbocycles. The predicted octanol–water partition coefficient (Wildman–Crippen LogP) is 6.40. The van der Waals surface area contributed by atoms with E-state index in [4.69, 9.17) is 15.2 Å². The molecule has 0 unspecified atom stereocenters. The number of ether oxygens (including phenoxy) is 2. The molecule has 0 saturated carbocycles. The Morgan fingerprint density at radius 2 is 1.63 bits per heavy atom. The van der Waals surface area contributed by atoms with Crippen molar-refractivity contribution in [1.82, 2.24) is 9.88 Å². The van der Waals surface area contributed by atoms with Crippen molar-refractivity contribution in [2.24, 2.45) is 0 Å². The summed E-state index contributed by atoms with van der Waals surface area (Å²) in [4.78, 5) is 31.8. The van der Waals surface area contributed by atoms with Crippen LogP contribution in [0, 0.1) is 0 Å². The van der Waals surface area contributed by atoms with Crippen LogP contribution in [0.2, 0.25) is 0 Å². The number of unbranched alkanes of at least 4 members (excludes halogenated alkanes) is 2. The quantitative estimate of drug-likeness (QED) is 0.0797. The van der Waals surface area contributed by atoms with Gasteiger partial charge in [0.25, 0.3) is 0 Å². The van der Waals surface area contributed by atoms with E-state index in [1.807, 2.05) is 85.1 Å². The van der Waals surface area contributed by atoms with E-state index in [2.05, 4.69) is 27.6 Å². The highest BCUT2D eigenvalue weighted by Crippen LogP contribution is 2.38. The highest BCUT2D eigenvalue weighted by Gasteiger charge is 2.33. The lowest BCUT2D eigenvalue weighted by molar-refractivity contribution is -0.252. The molecule has 2 amide bonds. The van der Waals surface area contributed by atoms with Gasteiger partial charge in [0.1, 0.15) is 0 Å². The number of anilines is 3. The summed E-state index contributed by atoms with van der Waals surface area (Å²) in [5, 5.41) is 15.4. The Bertz CT molecular complexity index is 1630. The molecule has 5 rings (SSSR count). The second-order valence-corrected chi connectivity index (χ2v) is 12.6. The summed E-state index contributed by atoms with van der Waals surface area (Å²) in [6, 6.07) is 28.6. The highest BCUT2D eigenvalue weighted by atomic mass is 16.7. The first-order chi connectivity index (χ1) is 23.9. The van der Waals surface area contributed by atoms with Gasteiger partial charge in [-0.05, 0) is 67.4 Å². The smallest absolute Gasteiger partial charge is 0.224 e. The number of likely N-dealkylation sites (N-methyl/N-ethyl adjacent to an activating group) is 1. The molecular weight excluding hydrogens is 618 g/mol. The number of nitrogen functional groups attached to an aromatic ring is 1. The minimum Gasteiger partial charge on any atom is -0.397 e. The first-order valence-electron chi connectivity index (χ1n) is 17.0. The molecule has 0 spiro atoms. The Kier molecular flexibility index (Phi) is 13.3. The van der Waals surface area contributed by atoms with E-state index in [-0.39, 0.29) is 30.6 Å². The number of carbonyl (C=O) groups is 2. The number of aliphatic hydroxyl groups is 1. The number of amides is 2. The van der Waals surface area contributed by atoms with E-state index in [9.17, 15) is 14.7 Å². The van der Waals surface area contributed by atoms with Gasteiger partial charge < -0.3 is 35.8 Å². The molecule has 10 nitrogen and oxygen atoms in total. The normalized spacial score (nSPS) is 17.5. The summed E-state index contributed by atoms with van der Waals surface area (Å²) in [5.74, 6) is -0.174. The predicted molar refractivity (Wildman–Crippen MR) is 192 cm³/mol. The second-order valence-electron chi connectivity index (χ2n) is 12.6. The largest absolute Gasteiger partial charge is 0.397 e. The zero-order valence-electron chi connectivity index (χ0n) is 28.1. The van der Waals surface area contributed by atoms with Gasteiger partial charge >= 0.3 is 0 Å². The average molecular weight is 666 g/mol. The number of benzene rings is 3. The maximum atomic E-state index is 12.8. The lowest BCUT2D eigenvalue weighted by atomic mass is 9.99. The number of hydrogen-bond donors (Lipinski definition) is 4. The molecule has 5 N–H and O–H groups in total. The molecular formula is C39H47N5O5. The van der Waals surface area contributed by atoms with Crippen LogP contribution in [0.1, 0.15) is 73.3 Å². The van der Waals surface area contributed by atoms with Gasteiger partial charge in [0.2, 0.25) is 11.8 Å². The van der Waals surface area contributed by atoms with E-state index in [0.29, 0.717) is 49.2 Å². The van der Waals surface area contributed by atoms with E-state index in [1.54, 1.807) is 12.1 Å². The number of rotatable bonds is 16. The monoisotopic (exact) mass is 665 g/mol. The lowest BCUT2D eigenvalue weighted by Gasteiger charge is -2.38. The summed E-state index contributed by atoms with van der Waals surface area (Å²) in [7, 11) is 2.09. The number of aromatic nitrogens is 1. The maximum absolute atomic E-state index is 12.8. The Labute approximate surface area is 288 Å². The van der Waals surface area contributed by atoms with Crippen LogP contribution in [0.25, 0.3) is 0 Å². The van der Waals surface area contributed by atoms with Crippen LogP contribution in [-0.4, -0.2) is 53.0 Å². The third-order valence-electron chi connectivity index (χ3n) is 8.59. The summed E-state index contributed by atoms with van der Waals surface area (Å²) in [6.45, 7) is 1.55. The molecule has 1 saturated heterocycles. The number of aliphatic hydroxyl groups excluding tert-OH is 1. The Morgan fingerprint density at radius 1 is 0.878 bits per heavy atom. The van der Waals surface area contributed by atoms with Crippen molar-refractivity contribution >= 4 is 28.9 Å². The third-order valence-corrected chi connectivity index (χ3v) is 8.59. The Hall–Kier alpha value is -4.61. The van der Waals surface area contributed by atoms with Crippen molar-refractivity contribution in [1.29, 1.82) is 0 Å². The molecule has 1 aliphatic heterocycles. The van der Waals surface area contributed by atoms with Crippen molar-refractivity contribution in [3.8, 4) is 0 Å². The minimum atomic E-state index is -0.625. The number of nitrogens with zero attached hydrogens (tertiary/aromatic N) is 2. The molecule has 0 aliphatic carbocycles. The van der Waals surface area contributed by atoms with Gasteiger partial charge in [-0.15, -0.1) is 0 Å². The third kappa shape index (κ3) is 11.2. The van der Waals surface area contributed by atoms with Crippen molar-refractivity contribution in [2.75, 3.05) is 36.5 Å². The summed E-state index contributed by atoms with van der Waals surface area (Å²) in [6.07, 6.45) is 5.25. The van der Waals surface area contributed by atoms with Crippen LogP contribution in [-0.2, 0) is 32.1 Å². The number of carbonyl (C=O) groups excluding carboxylic acids is 2. The molecule has 49 heavy (non-hydrogen) atoms. The number of hydrogen-bond acceptors (Lipinski definition) is 8. The SMILES string of the molecule is CN(CCc1ccccn1)C[C@H]1C[C@@H](c2ccc(CO)cc2)O[C@@H](c2cccc(NC(=O)CCCCCC(=O)Nc3ccccc3N)c2)O1. The van der Waals surface area contributed by atoms with Crippen LogP contribution < -0.4 is 16.4 Å². The van der Waals surface area contributed by atoms with Crippen LogP contribution >= 0.6 is 0 Å². The Morgan fingerprint density at radius 3 is 2.37 bits per heavy atom. The van der Waals surface area contributed by atoms with Gasteiger partial charge in [0.05, 0.1) is 30.2 Å². The number of nitrogens with two attached hydrogens (primary N) is 1. The molecule has 1 aromatic heterocycles. The summed E-state index contributed by atoms with van der Waals surface area (Å²) >= 11 is 0. The molecule has 2 heterocycles. The number of nitrogens with one attached hydrogen (secondary N) is 2. The van der Waals surface area contributed by atoms with Crippen LogP contribution in [0.3, 0.4) is 0 Å². The van der Waals surface area contributed by atoms with Gasteiger partial charge in [-0.3, -0.25) is 14.6 Å². The van der Waals surface area contributed by atoms with E-state index >= 15 is 0 Å². The van der Waals surface area contributed by atoms with Crippen LogP contribution in [0.15, 0.2) is 97.2 Å². The van der Waals surface area contributed by atoms with E-state index in [1.165, 1.54) is 0 Å². The van der Waals surface area contributed by atoms with Crippen molar-refractivity contribution in [3.63, 3.8) is 0 Å². The fraction of sp³-hybridized carbons (Fsp3) is 0.359. The number of pyridine rings is 1. The van der Waals surface area contributed by atoms with Gasteiger partial charge in [0, 0.05) is 61.9 Å². The summed E-state index contributed by atoms with van der Waals surface area (Å²) in [5.41, 5.74) is 11.5. The molecule has 258 valence electrons. The fourth-order valence-electron chi connectivity index (χ4n) is 5.88. The van der Waals surface area contributed by atoms with Gasteiger partial charge in [-0.2, -0.15) is 0 Å². The summed E-state index contributed by atoms with van der Waals surface area (Å²) < 4.78 is 13.1. The van der Waals surface area contributed by atoms with Crippen molar-refractivity contribution in [3.05, 3.63) is 120 Å². The zero-order valence-corrected chi connectivity index (χ0v) is 28.1. The second kappa shape index (κ2) is 18.2. The zero-order chi connectivity index (χ0) is 34.4. The molecule has 1 aliphatic rings. The fourth-order valence-corrected chi connectivity index (χ4v) is 5.88. The maximum Gasteiger partial charge on any atom is 0.224 e. The van der Waals surface area contributed by atoms with E-state index in [0.717, 1.165) is 48.3 Å². The molecule has 3 atom stereocenters. The first kappa shape index (κ1) is 35.7. The molecule has 0 bridgehead atoms. The number of para-hydroxylation sites is 2. The van der Waals surface area contributed by atoms with Gasteiger partial charge in [-0.25, -0.2) is 0 Å². The average Bonchev–Trinajstić information content (AvgIpc) is 3.12. The van der Waals surface area contributed by atoms with Crippen molar-refractivity contribution in [2.45, 2.75) is 70.1 Å². The van der Waals surface area contributed by atoms with E-state index < -0.39 is 6.29 Å². The van der Waals surface area contributed by atoms with Gasteiger partial charge in [0.15, 0.2) is 6.29 Å². The molecule has 0 radical (unpaired) electrons. The van der Waals surface area contributed by atoms with Crippen LogP contribution in [0.5, 0.6) is 0 Å². The molecule has 10 heteroatoms. The first-order valence-corrected chi connectivity index (χ1v) is 17.0. The molecule has 1 fully saturated rings. The van der Waals surface area contributed by atoms with Crippen molar-refractivity contribution < 1.29 is 24.2 Å². The lowest BCUT2D eigenvalue weighted by Crippen LogP contribution is -2.38. The topological polar surface area (TPSA) is 139 Å². The highest BCUT2D eigenvalue weighted by molar-refractivity contribution is 5.93. The molecule has 4 aromatic rings.